The van der Waals surface area contributed by atoms with Crippen LogP contribution in [0.3, 0.4) is 0 Å². The van der Waals surface area contributed by atoms with Gasteiger partial charge in [0.2, 0.25) is 5.91 Å². The fourth-order valence-corrected chi connectivity index (χ4v) is 3.53. The quantitative estimate of drug-likeness (QED) is 0.802. The smallest absolute Gasteiger partial charge is 0.230 e. The Hall–Kier alpha value is -2.56. The number of aromatic nitrogens is 2. The minimum atomic E-state index is -0.468. The van der Waals surface area contributed by atoms with Crippen molar-refractivity contribution in [2.24, 2.45) is 5.41 Å². The molecule has 0 spiro atoms. The van der Waals surface area contributed by atoms with Crippen LogP contribution in [0.1, 0.15) is 25.3 Å². The van der Waals surface area contributed by atoms with Crippen LogP contribution in [0.5, 0.6) is 0 Å². The van der Waals surface area contributed by atoms with E-state index in [4.69, 9.17) is 16.3 Å². The maximum absolute atomic E-state index is 12.9. The largest absolute Gasteiger partial charge is 0.383 e. The zero-order valence-corrected chi connectivity index (χ0v) is 16.9. The number of benzene rings is 1. The van der Waals surface area contributed by atoms with Gasteiger partial charge in [-0.2, -0.15) is 10.4 Å². The predicted molar refractivity (Wildman–Crippen MR) is 108 cm³/mol. The Morgan fingerprint density at radius 3 is 2.86 bits per heavy atom. The van der Waals surface area contributed by atoms with E-state index in [0.717, 1.165) is 5.69 Å². The lowest BCUT2D eigenvalue weighted by Crippen LogP contribution is -2.45. The van der Waals surface area contributed by atoms with Crippen LogP contribution in [0.4, 0.5) is 11.4 Å². The molecule has 2 aromatic rings. The van der Waals surface area contributed by atoms with E-state index in [2.05, 4.69) is 21.4 Å². The number of nitrogens with zero attached hydrogens (tertiary/aromatic N) is 4. The molecule has 3 rings (SSSR count). The van der Waals surface area contributed by atoms with Gasteiger partial charge in [0.1, 0.15) is 6.07 Å². The van der Waals surface area contributed by atoms with Gasteiger partial charge in [-0.25, -0.2) is 0 Å². The first kappa shape index (κ1) is 20.2. The van der Waals surface area contributed by atoms with Gasteiger partial charge in [0, 0.05) is 31.4 Å². The zero-order chi connectivity index (χ0) is 20.1. The molecule has 1 N–H and O–H groups in total. The standard InChI is InChI=1S/C20H24ClN5O2/c1-20(19(27)24-17-13-23-26(14-17)9-10-28-2)5-7-25(8-6-20)18-4-3-16(21)11-15(18)12-22/h3-4,11,13-14H,5-10H2,1-2H3,(H,24,27). The molecule has 0 saturated carbocycles. The summed E-state index contributed by atoms with van der Waals surface area (Å²) in [4.78, 5) is 15.0. The molecule has 0 aliphatic carbocycles. The molecule has 1 aromatic carbocycles. The number of carbonyl (C=O) groups is 1. The molecule has 1 saturated heterocycles. The van der Waals surface area contributed by atoms with Crippen molar-refractivity contribution >= 4 is 28.9 Å². The maximum Gasteiger partial charge on any atom is 0.230 e. The number of anilines is 2. The monoisotopic (exact) mass is 401 g/mol. The van der Waals surface area contributed by atoms with Crippen LogP contribution in [0.15, 0.2) is 30.6 Å². The van der Waals surface area contributed by atoms with Crippen LogP contribution in [-0.2, 0) is 16.1 Å². The number of halogens is 1. The van der Waals surface area contributed by atoms with Crippen molar-refractivity contribution in [3.8, 4) is 6.07 Å². The molecule has 0 unspecified atom stereocenters. The summed E-state index contributed by atoms with van der Waals surface area (Å²) in [6, 6.07) is 7.55. The van der Waals surface area contributed by atoms with E-state index in [1.807, 2.05) is 19.2 Å². The van der Waals surface area contributed by atoms with Crippen molar-refractivity contribution in [3.63, 3.8) is 0 Å². The number of nitrogens with one attached hydrogen (secondary N) is 1. The third kappa shape index (κ3) is 4.46. The molecule has 2 heterocycles. The molecule has 0 atom stereocenters. The summed E-state index contributed by atoms with van der Waals surface area (Å²) in [5.41, 5.74) is 1.65. The fourth-order valence-electron chi connectivity index (χ4n) is 3.36. The molecule has 7 nitrogen and oxygen atoms in total. The highest BCUT2D eigenvalue weighted by atomic mass is 35.5. The summed E-state index contributed by atoms with van der Waals surface area (Å²) < 4.78 is 6.78. The third-order valence-electron chi connectivity index (χ3n) is 5.25. The number of ether oxygens (including phenoxy) is 1. The maximum atomic E-state index is 12.9. The van der Waals surface area contributed by atoms with E-state index in [0.29, 0.717) is 55.4 Å². The van der Waals surface area contributed by atoms with Crippen molar-refractivity contribution in [2.75, 3.05) is 37.0 Å². The fraction of sp³-hybridized carbons (Fsp3) is 0.450. The van der Waals surface area contributed by atoms with E-state index >= 15 is 0 Å². The normalized spacial score (nSPS) is 15.9. The molecule has 0 radical (unpaired) electrons. The second-order valence-electron chi connectivity index (χ2n) is 7.26. The van der Waals surface area contributed by atoms with Gasteiger partial charge < -0.3 is 15.0 Å². The molecule has 0 bridgehead atoms. The van der Waals surface area contributed by atoms with Crippen LogP contribution in [0, 0.1) is 16.7 Å². The Balaban J connectivity index is 1.62. The molecule has 28 heavy (non-hydrogen) atoms. The second-order valence-corrected chi connectivity index (χ2v) is 7.70. The molecule has 1 aliphatic rings. The molecule has 1 aromatic heterocycles. The highest BCUT2D eigenvalue weighted by Crippen LogP contribution is 2.35. The Morgan fingerprint density at radius 2 is 2.18 bits per heavy atom. The number of piperidine rings is 1. The highest BCUT2D eigenvalue weighted by Gasteiger charge is 2.37. The van der Waals surface area contributed by atoms with Gasteiger partial charge in [0.25, 0.3) is 0 Å². The van der Waals surface area contributed by atoms with E-state index in [1.165, 1.54) is 0 Å². The molecule has 8 heteroatoms. The average molecular weight is 402 g/mol. The third-order valence-corrected chi connectivity index (χ3v) is 5.49. The summed E-state index contributed by atoms with van der Waals surface area (Å²) in [5.74, 6) is -0.00458. The number of methoxy groups -OCH3 is 1. The lowest BCUT2D eigenvalue weighted by molar-refractivity contribution is -0.125. The number of amides is 1. The molecule has 1 amide bonds. The lowest BCUT2D eigenvalue weighted by Gasteiger charge is -2.39. The minimum Gasteiger partial charge on any atom is -0.383 e. The van der Waals surface area contributed by atoms with E-state index in [1.54, 1.807) is 30.1 Å². The van der Waals surface area contributed by atoms with Crippen LogP contribution in [-0.4, -0.2) is 42.5 Å². The Bertz CT molecular complexity index is 881. The Labute approximate surface area is 169 Å². The van der Waals surface area contributed by atoms with Gasteiger partial charge in [-0.05, 0) is 31.0 Å². The first-order valence-electron chi connectivity index (χ1n) is 9.22. The van der Waals surface area contributed by atoms with Crippen molar-refractivity contribution in [1.29, 1.82) is 5.26 Å². The van der Waals surface area contributed by atoms with Gasteiger partial charge >= 0.3 is 0 Å². The van der Waals surface area contributed by atoms with Gasteiger partial charge in [0.05, 0.1) is 41.7 Å². The summed E-state index contributed by atoms with van der Waals surface area (Å²) in [6.07, 6.45) is 4.86. The number of rotatable bonds is 6. The first-order valence-corrected chi connectivity index (χ1v) is 9.60. The topological polar surface area (TPSA) is 83.2 Å². The molecule has 1 fully saturated rings. The zero-order valence-electron chi connectivity index (χ0n) is 16.1. The summed E-state index contributed by atoms with van der Waals surface area (Å²) in [5, 5.41) is 17.1. The number of nitriles is 1. The average Bonchev–Trinajstić information content (AvgIpc) is 3.14. The van der Waals surface area contributed by atoms with Crippen LogP contribution >= 0.6 is 11.6 Å². The van der Waals surface area contributed by atoms with Crippen molar-refractivity contribution < 1.29 is 9.53 Å². The Morgan fingerprint density at radius 1 is 1.43 bits per heavy atom. The van der Waals surface area contributed by atoms with Gasteiger partial charge in [-0.1, -0.05) is 18.5 Å². The van der Waals surface area contributed by atoms with Crippen LogP contribution in [0.2, 0.25) is 5.02 Å². The number of carbonyl (C=O) groups excluding carboxylic acids is 1. The minimum absolute atomic E-state index is 0.00458. The predicted octanol–water partition coefficient (Wildman–Crippen LogP) is 3.30. The van der Waals surface area contributed by atoms with E-state index in [9.17, 15) is 10.1 Å². The lowest BCUT2D eigenvalue weighted by atomic mass is 9.79. The molecule has 1 aliphatic heterocycles. The summed E-state index contributed by atoms with van der Waals surface area (Å²) in [7, 11) is 1.64. The van der Waals surface area contributed by atoms with E-state index in [-0.39, 0.29) is 5.91 Å². The van der Waals surface area contributed by atoms with Crippen molar-refractivity contribution in [3.05, 3.63) is 41.2 Å². The SMILES string of the molecule is COCCn1cc(NC(=O)C2(C)CCN(c3ccc(Cl)cc3C#N)CC2)cn1. The summed E-state index contributed by atoms with van der Waals surface area (Å²) in [6.45, 7) is 4.60. The molecule has 148 valence electrons. The second kappa shape index (κ2) is 8.63. The summed E-state index contributed by atoms with van der Waals surface area (Å²) >= 11 is 5.99. The highest BCUT2D eigenvalue weighted by molar-refractivity contribution is 6.30. The van der Waals surface area contributed by atoms with Gasteiger partial charge in [-0.15, -0.1) is 0 Å². The van der Waals surface area contributed by atoms with Gasteiger partial charge in [-0.3, -0.25) is 9.48 Å². The van der Waals surface area contributed by atoms with Crippen LogP contribution in [0.25, 0.3) is 0 Å². The Kier molecular flexibility index (Phi) is 6.22. The number of hydrogen-bond donors (Lipinski definition) is 1. The number of hydrogen-bond acceptors (Lipinski definition) is 5. The van der Waals surface area contributed by atoms with Crippen molar-refractivity contribution in [2.45, 2.75) is 26.3 Å². The van der Waals surface area contributed by atoms with Gasteiger partial charge in [0.15, 0.2) is 0 Å². The van der Waals surface area contributed by atoms with Crippen molar-refractivity contribution in [1.82, 2.24) is 9.78 Å². The molecular weight excluding hydrogens is 378 g/mol. The van der Waals surface area contributed by atoms with Crippen LogP contribution < -0.4 is 10.2 Å². The molecular formula is C20H24ClN5O2. The first-order chi connectivity index (χ1) is 13.4. The van der Waals surface area contributed by atoms with E-state index < -0.39 is 5.41 Å².